The van der Waals surface area contributed by atoms with Gasteiger partial charge in [0.1, 0.15) is 0 Å². The standard InChI is InChI=1S/C12H14ClN3/c1-16(11-6-15-7-11)8-10-3-2-9(5-14)4-12(10)13/h2-4,11,15H,6-8H2,1H3. The zero-order chi connectivity index (χ0) is 11.5. The Morgan fingerprint density at radius 2 is 2.31 bits per heavy atom. The van der Waals surface area contributed by atoms with Gasteiger partial charge >= 0.3 is 0 Å². The molecular weight excluding hydrogens is 222 g/mol. The lowest BCUT2D eigenvalue weighted by Gasteiger charge is -2.35. The normalized spacial score (nSPS) is 15.9. The van der Waals surface area contributed by atoms with E-state index in [4.69, 9.17) is 16.9 Å². The van der Waals surface area contributed by atoms with E-state index in [9.17, 15) is 0 Å². The molecule has 0 atom stereocenters. The predicted octanol–water partition coefficient (Wildman–Crippen LogP) is 1.62. The summed E-state index contributed by atoms with van der Waals surface area (Å²) >= 11 is 6.12. The lowest BCUT2D eigenvalue weighted by molar-refractivity contribution is 0.173. The van der Waals surface area contributed by atoms with Crippen LogP contribution in [0.4, 0.5) is 0 Å². The summed E-state index contributed by atoms with van der Waals surface area (Å²) in [4.78, 5) is 2.28. The second-order valence-corrected chi connectivity index (χ2v) is 4.55. The lowest BCUT2D eigenvalue weighted by Crippen LogP contribution is -2.55. The molecule has 1 N–H and O–H groups in total. The van der Waals surface area contributed by atoms with Gasteiger partial charge in [-0.05, 0) is 24.7 Å². The maximum atomic E-state index is 8.74. The summed E-state index contributed by atoms with van der Waals surface area (Å²) < 4.78 is 0. The highest BCUT2D eigenvalue weighted by molar-refractivity contribution is 6.31. The number of likely N-dealkylation sites (N-methyl/N-ethyl adjacent to an activating group) is 1. The number of hydrogen-bond acceptors (Lipinski definition) is 3. The van der Waals surface area contributed by atoms with Crippen LogP contribution in [0.3, 0.4) is 0 Å². The molecule has 1 aliphatic rings. The highest BCUT2D eigenvalue weighted by atomic mass is 35.5. The molecular formula is C12H14ClN3. The SMILES string of the molecule is CN(Cc1ccc(C#N)cc1Cl)C1CNC1. The average Bonchev–Trinajstić information content (AvgIpc) is 2.18. The fourth-order valence-electron chi connectivity index (χ4n) is 1.73. The first-order valence-corrected chi connectivity index (χ1v) is 5.68. The number of rotatable bonds is 3. The summed E-state index contributed by atoms with van der Waals surface area (Å²) in [7, 11) is 2.10. The summed E-state index contributed by atoms with van der Waals surface area (Å²) in [5, 5.41) is 12.7. The minimum atomic E-state index is 0.603. The summed E-state index contributed by atoms with van der Waals surface area (Å²) in [5.74, 6) is 0. The van der Waals surface area contributed by atoms with Crippen LogP contribution in [0.25, 0.3) is 0 Å². The molecule has 0 radical (unpaired) electrons. The van der Waals surface area contributed by atoms with Crippen LogP contribution < -0.4 is 5.32 Å². The van der Waals surface area contributed by atoms with Gasteiger partial charge in [0.05, 0.1) is 11.6 Å². The summed E-state index contributed by atoms with van der Waals surface area (Å²) in [6.07, 6.45) is 0. The third kappa shape index (κ3) is 2.35. The number of nitriles is 1. The van der Waals surface area contributed by atoms with Crippen LogP contribution in [0, 0.1) is 11.3 Å². The number of nitrogens with one attached hydrogen (secondary N) is 1. The maximum Gasteiger partial charge on any atom is 0.0992 e. The Labute approximate surface area is 101 Å². The van der Waals surface area contributed by atoms with E-state index >= 15 is 0 Å². The predicted molar refractivity (Wildman–Crippen MR) is 64.3 cm³/mol. The molecule has 0 aliphatic carbocycles. The van der Waals surface area contributed by atoms with Gasteiger partial charge in [-0.1, -0.05) is 17.7 Å². The largest absolute Gasteiger partial charge is 0.314 e. The summed E-state index contributed by atoms with van der Waals surface area (Å²) in [6, 6.07) is 8.16. The fraction of sp³-hybridized carbons (Fsp3) is 0.417. The van der Waals surface area contributed by atoms with Crippen molar-refractivity contribution in [2.75, 3.05) is 20.1 Å². The molecule has 84 valence electrons. The molecule has 0 amide bonds. The van der Waals surface area contributed by atoms with Crippen molar-refractivity contribution in [3.8, 4) is 6.07 Å². The first-order valence-electron chi connectivity index (χ1n) is 5.30. The van der Waals surface area contributed by atoms with E-state index in [0.29, 0.717) is 16.6 Å². The average molecular weight is 236 g/mol. The Balaban J connectivity index is 2.06. The molecule has 0 bridgehead atoms. The van der Waals surface area contributed by atoms with E-state index in [2.05, 4.69) is 23.3 Å². The van der Waals surface area contributed by atoms with Gasteiger partial charge < -0.3 is 5.32 Å². The van der Waals surface area contributed by atoms with Crippen molar-refractivity contribution >= 4 is 11.6 Å². The molecule has 1 aliphatic heterocycles. The minimum absolute atomic E-state index is 0.603. The molecule has 1 aromatic carbocycles. The van der Waals surface area contributed by atoms with Crippen LogP contribution >= 0.6 is 11.6 Å². The number of nitrogens with zero attached hydrogens (tertiary/aromatic N) is 2. The van der Waals surface area contributed by atoms with Crippen LogP contribution in [0.5, 0.6) is 0 Å². The van der Waals surface area contributed by atoms with Gasteiger partial charge in [-0.2, -0.15) is 5.26 Å². The number of hydrogen-bond donors (Lipinski definition) is 1. The van der Waals surface area contributed by atoms with Gasteiger partial charge in [0.15, 0.2) is 0 Å². The number of halogens is 1. The second kappa shape index (κ2) is 4.84. The van der Waals surface area contributed by atoms with Crippen LogP contribution in [0.1, 0.15) is 11.1 Å². The molecule has 1 saturated heterocycles. The van der Waals surface area contributed by atoms with E-state index in [1.807, 2.05) is 12.1 Å². The molecule has 0 saturated carbocycles. The molecule has 0 spiro atoms. The highest BCUT2D eigenvalue weighted by Gasteiger charge is 2.21. The quantitative estimate of drug-likeness (QED) is 0.866. The van der Waals surface area contributed by atoms with Gasteiger partial charge in [0.25, 0.3) is 0 Å². The Bertz CT molecular complexity index is 421. The smallest absolute Gasteiger partial charge is 0.0992 e. The summed E-state index contributed by atoms with van der Waals surface area (Å²) in [5.41, 5.74) is 1.69. The van der Waals surface area contributed by atoms with Gasteiger partial charge in [-0.15, -0.1) is 0 Å². The lowest BCUT2D eigenvalue weighted by atomic mass is 10.1. The molecule has 3 nitrogen and oxygen atoms in total. The van der Waals surface area contributed by atoms with Crippen molar-refractivity contribution in [1.29, 1.82) is 5.26 Å². The molecule has 4 heteroatoms. The van der Waals surface area contributed by atoms with E-state index in [1.165, 1.54) is 0 Å². The van der Waals surface area contributed by atoms with Gasteiger partial charge in [0, 0.05) is 30.7 Å². The third-order valence-electron chi connectivity index (χ3n) is 2.99. The molecule has 1 aromatic rings. The zero-order valence-corrected chi connectivity index (χ0v) is 9.96. The van der Waals surface area contributed by atoms with E-state index < -0.39 is 0 Å². The monoisotopic (exact) mass is 235 g/mol. The van der Waals surface area contributed by atoms with Crippen molar-refractivity contribution < 1.29 is 0 Å². The Kier molecular flexibility index (Phi) is 3.45. The minimum Gasteiger partial charge on any atom is -0.314 e. The van der Waals surface area contributed by atoms with Gasteiger partial charge in [-0.25, -0.2) is 0 Å². The van der Waals surface area contributed by atoms with Crippen molar-refractivity contribution in [3.05, 3.63) is 34.3 Å². The Hall–Kier alpha value is -1.08. The van der Waals surface area contributed by atoms with Crippen molar-refractivity contribution in [3.63, 3.8) is 0 Å². The molecule has 16 heavy (non-hydrogen) atoms. The zero-order valence-electron chi connectivity index (χ0n) is 9.20. The van der Waals surface area contributed by atoms with Crippen molar-refractivity contribution in [2.24, 2.45) is 0 Å². The third-order valence-corrected chi connectivity index (χ3v) is 3.34. The van der Waals surface area contributed by atoms with Crippen molar-refractivity contribution in [2.45, 2.75) is 12.6 Å². The van der Waals surface area contributed by atoms with E-state index in [0.717, 1.165) is 25.2 Å². The molecule has 1 fully saturated rings. The Morgan fingerprint density at radius 1 is 1.56 bits per heavy atom. The van der Waals surface area contributed by atoms with Crippen molar-refractivity contribution in [1.82, 2.24) is 10.2 Å². The van der Waals surface area contributed by atoms with Crippen LogP contribution in [-0.4, -0.2) is 31.1 Å². The second-order valence-electron chi connectivity index (χ2n) is 4.15. The molecule has 1 heterocycles. The van der Waals surface area contributed by atoms with Crippen LogP contribution in [0.15, 0.2) is 18.2 Å². The first-order chi connectivity index (χ1) is 7.70. The Morgan fingerprint density at radius 3 is 2.81 bits per heavy atom. The molecule has 0 unspecified atom stereocenters. The molecule has 0 aromatic heterocycles. The van der Waals surface area contributed by atoms with Gasteiger partial charge in [0.2, 0.25) is 0 Å². The molecule has 2 rings (SSSR count). The fourth-order valence-corrected chi connectivity index (χ4v) is 1.97. The first kappa shape index (κ1) is 11.4. The topological polar surface area (TPSA) is 39.1 Å². The van der Waals surface area contributed by atoms with Gasteiger partial charge in [-0.3, -0.25) is 4.90 Å². The van der Waals surface area contributed by atoms with Crippen LogP contribution in [0.2, 0.25) is 5.02 Å². The van der Waals surface area contributed by atoms with E-state index in [1.54, 1.807) is 6.07 Å². The maximum absolute atomic E-state index is 8.74. The summed E-state index contributed by atoms with van der Waals surface area (Å²) in [6.45, 7) is 2.92. The highest BCUT2D eigenvalue weighted by Crippen LogP contribution is 2.20. The van der Waals surface area contributed by atoms with E-state index in [-0.39, 0.29) is 0 Å². The number of benzene rings is 1. The van der Waals surface area contributed by atoms with Crippen LogP contribution in [-0.2, 0) is 6.54 Å².